The SMILES string of the molecule is [B]c1cccc(N(c2ccccc2)c2ccccc2-c2ccccc2-c2ccccc2)c1. The average Bonchev–Trinajstić information content (AvgIpc) is 2.86. The number of benzene rings is 5. The van der Waals surface area contributed by atoms with Crippen molar-refractivity contribution in [2.24, 2.45) is 0 Å². The highest BCUT2D eigenvalue weighted by atomic mass is 15.1. The van der Waals surface area contributed by atoms with Crippen LogP contribution in [-0.2, 0) is 0 Å². The number of nitrogens with zero attached hydrogens (tertiary/aromatic N) is 1. The van der Waals surface area contributed by atoms with Crippen LogP contribution in [0.1, 0.15) is 0 Å². The molecule has 0 bridgehead atoms. The van der Waals surface area contributed by atoms with E-state index in [1.165, 1.54) is 22.3 Å². The van der Waals surface area contributed by atoms with E-state index in [2.05, 4.69) is 114 Å². The van der Waals surface area contributed by atoms with Crippen LogP contribution >= 0.6 is 0 Å². The van der Waals surface area contributed by atoms with Gasteiger partial charge in [0.15, 0.2) is 0 Å². The number of anilines is 3. The van der Waals surface area contributed by atoms with E-state index in [4.69, 9.17) is 7.85 Å². The molecule has 2 radical (unpaired) electrons. The fraction of sp³-hybridized carbons (Fsp3) is 0. The van der Waals surface area contributed by atoms with Crippen molar-refractivity contribution in [2.75, 3.05) is 4.90 Å². The maximum atomic E-state index is 6.18. The van der Waals surface area contributed by atoms with E-state index in [0.717, 1.165) is 22.5 Å². The molecule has 5 aromatic carbocycles. The first-order valence-corrected chi connectivity index (χ1v) is 10.8. The van der Waals surface area contributed by atoms with Gasteiger partial charge in [-0.15, -0.1) is 0 Å². The first kappa shape index (κ1) is 19.9. The Hall–Kier alpha value is -4.04. The van der Waals surface area contributed by atoms with Crippen molar-refractivity contribution in [3.8, 4) is 22.3 Å². The molecule has 0 saturated heterocycles. The zero-order valence-corrected chi connectivity index (χ0v) is 17.7. The summed E-state index contributed by atoms with van der Waals surface area (Å²) in [6.45, 7) is 0. The molecule has 0 unspecified atom stereocenters. The van der Waals surface area contributed by atoms with Crippen LogP contribution in [0.15, 0.2) is 133 Å². The molecule has 0 aromatic heterocycles. The minimum atomic E-state index is 0.741. The van der Waals surface area contributed by atoms with Crippen LogP contribution in [0.3, 0.4) is 0 Å². The van der Waals surface area contributed by atoms with Gasteiger partial charge in [-0.05, 0) is 47.0 Å². The summed E-state index contributed by atoms with van der Waals surface area (Å²) in [5.74, 6) is 0. The Morgan fingerprint density at radius 2 is 1.00 bits per heavy atom. The van der Waals surface area contributed by atoms with Crippen molar-refractivity contribution in [3.05, 3.63) is 133 Å². The zero-order valence-electron chi connectivity index (χ0n) is 17.7. The van der Waals surface area contributed by atoms with Gasteiger partial charge in [0, 0.05) is 16.9 Å². The van der Waals surface area contributed by atoms with Gasteiger partial charge in [0.05, 0.1) is 5.69 Å². The number of hydrogen-bond donors (Lipinski definition) is 0. The van der Waals surface area contributed by atoms with Crippen molar-refractivity contribution in [1.29, 1.82) is 0 Å². The van der Waals surface area contributed by atoms with Gasteiger partial charge in [-0.25, -0.2) is 0 Å². The van der Waals surface area contributed by atoms with E-state index in [9.17, 15) is 0 Å². The maximum Gasteiger partial charge on any atom is 0.113 e. The number of rotatable bonds is 5. The van der Waals surface area contributed by atoms with Gasteiger partial charge in [0.25, 0.3) is 0 Å². The number of para-hydroxylation sites is 2. The molecule has 150 valence electrons. The van der Waals surface area contributed by atoms with Crippen LogP contribution in [0.25, 0.3) is 22.3 Å². The first-order valence-electron chi connectivity index (χ1n) is 10.8. The number of hydrogen-bond acceptors (Lipinski definition) is 1. The lowest BCUT2D eigenvalue weighted by molar-refractivity contribution is 1.29. The van der Waals surface area contributed by atoms with Gasteiger partial charge in [-0.1, -0.05) is 109 Å². The predicted octanol–water partition coefficient (Wildman–Crippen LogP) is 7.28. The summed E-state index contributed by atoms with van der Waals surface area (Å²) in [7, 11) is 6.18. The van der Waals surface area contributed by atoms with Gasteiger partial charge < -0.3 is 4.90 Å². The molecule has 0 heterocycles. The van der Waals surface area contributed by atoms with E-state index in [-0.39, 0.29) is 0 Å². The molecular formula is C30H22BN. The van der Waals surface area contributed by atoms with E-state index in [1.807, 2.05) is 24.3 Å². The molecule has 0 saturated carbocycles. The molecule has 32 heavy (non-hydrogen) atoms. The predicted molar refractivity (Wildman–Crippen MR) is 137 cm³/mol. The molecular weight excluding hydrogens is 385 g/mol. The standard InChI is InChI=1S/C30H22BN/c31-24-14-11-17-26(22-24)32(25-15-5-2-6-16-25)30-21-10-9-20-29(30)28-19-8-7-18-27(28)23-12-3-1-4-13-23/h1-22H. The minimum absolute atomic E-state index is 0.741. The molecule has 0 amide bonds. The second-order valence-electron chi connectivity index (χ2n) is 7.69. The molecule has 0 fully saturated rings. The second kappa shape index (κ2) is 8.99. The Kier molecular flexibility index (Phi) is 5.59. The molecule has 0 N–H and O–H groups in total. The summed E-state index contributed by atoms with van der Waals surface area (Å²) in [5, 5.41) is 0. The Morgan fingerprint density at radius 3 is 1.72 bits per heavy atom. The van der Waals surface area contributed by atoms with Crippen LogP contribution < -0.4 is 10.4 Å². The Bertz CT molecular complexity index is 1330. The molecule has 0 aliphatic carbocycles. The molecule has 0 atom stereocenters. The van der Waals surface area contributed by atoms with Crippen molar-refractivity contribution in [3.63, 3.8) is 0 Å². The fourth-order valence-corrected chi connectivity index (χ4v) is 4.15. The summed E-state index contributed by atoms with van der Waals surface area (Å²) in [5.41, 5.74) is 8.73. The van der Waals surface area contributed by atoms with Crippen molar-refractivity contribution < 1.29 is 0 Å². The van der Waals surface area contributed by atoms with E-state index >= 15 is 0 Å². The first-order chi connectivity index (χ1) is 15.8. The summed E-state index contributed by atoms with van der Waals surface area (Å²) in [6, 6.07) is 46.2. The lowest BCUT2D eigenvalue weighted by atomic mass is 9.92. The van der Waals surface area contributed by atoms with E-state index in [0.29, 0.717) is 0 Å². The topological polar surface area (TPSA) is 3.24 Å². The van der Waals surface area contributed by atoms with Crippen LogP contribution in [0.2, 0.25) is 0 Å². The summed E-state index contributed by atoms with van der Waals surface area (Å²) < 4.78 is 0. The molecule has 0 aliphatic heterocycles. The minimum Gasteiger partial charge on any atom is -0.310 e. The van der Waals surface area contributed by atoms with E-state index in [1.54, 1.807) is 0 Å². The third-order valence-corrected chi connectivity index (χ3v) is 5.59. The third-order valence-electron chi connectivity index (χ3n) is 5.59. The van der Waals surface area contributed by atoms with Crippen molar-refractivity contribution in [2.45, 2.75) is 0 Å². The molecule has 1 nitrogen and oxygen atoms in total. The quantitative estimate of drug-likeness (QED) is 0.277. The fourth-order valence-electron chi connectivity index (χ4n) is 4.15. The summed E-state index contributed by atoms with van der Waals surface area (Å²) in [6.07, 6.45) is 0. The lowest BCUT2D eigenvalue weighted by Crippen LogP contribution is -2.13. The normalized spacial score (nSPS) is 10.6. The van der Waals surface area contributed by atoms with Gasteiger partial charge in [-0.3, -0.25) is 0 Å². The Balaban J connectivity index is 1.74. The highest BCUT2D eigenvalue weighted by molar-refractivity contribution is 6.32. The molecule has 0 aliphatic rings. The van der Waals surface area contributed by atoms with Crippen molar-refractivity contribution in [1.82, 2.24) is 0 Å². The smallest absolute Gasteiger partial charge is 0.113 e. The van der Waals surface area contributed by atoms with E-state index < -0.39 is 0 Å². The average molecular weight is 407 g/mol. The van der Waals surface area contributed by atoms with Crippen molar-refractivity contribution >= 4 is 30.4 Å². The Labute approximate surface area is 191 Å². The lowest BCUT2D eigenvalue weighted by Gasteiger charge is -2.28. The van der Waals surface area contributed by atoms with Crippen LogP contribution in [0, 0.1) is 0 Å². The second-order valence-corrected chi connectivity index (χ2v) is 7.69. The van der Waals surface area contributed by atoms with Gasteiger partial charge in [0.1, 0.15) is 7.85 Å². The van der Waals surface area contributed by atoms with Crippen LogP contribution in [0.5, 0.6) is 0 Å². The van der Waals surface area contributed by atoms with Crippen LogP contribution in [-0.4, -0.2) is 7.85 Å². The summed E-state index contributed by atoms with van der Waals surface area (Å²) >= 11 is 0. The summed E-state index contributed by atoms with van der Waals surface area (Å²) in [4.78, 5) is 2.27. The van der Waals surface area contributed by atoms with Crippen LogP contribution in [0.4, 0.5) is 17.1 Å². The largest absolute Gasteiger partial charge is 0.310 e. The molecule has 0 spiro atoms. The molecule has 5 rings (SSSR count). The third kappa shape index (κ3) is 3.96. The van der Waals surface area contributed by atoms with Gasteiger partial charge >= 0.3 is 0 Å². The monoisotopic (exact) mass is 407 g/mol. The molecule has 2 heteroatoms. The highest BCUT2D eigenvalue weighted by Gasteiger charge is 2.18. The highest BCUT2D eigenvalue weighted by Crippen LogP contribution is 2.42. The maximum absolute atomic E-state index is 6.18. The van der Waals surface area contributed by atoms with Gasteiger partial charge in [-0.2, -0.15) is 0 Å². The zero-order chi connectivity index (χ0) is 21.8. The molecule has 5 aromatic rings. The Morgan fingerprint density at radius 1 is 0.438 bits per heavy atom. The van der Waals surface area contributed by atoms with Gasteiger partial charge in [0.2, 0.25) is 0 Å².